The van der Waals surface area contributed by atoms with Crippen molar-refractivity contribution in [1.82, 2.24) is 9.88 Å². The third-order valence-corrected chi connectivity index (χ3v) is 3.82. The second-order valence-corrected chi connectivity index (χ2v) is 5.54. The predicted octanol–water partition coefficient (Wildman–Crippen LogP) is 4.06. The van der Waals surface area contributed by atoms with Crippen molar-refractivity contribution < 1.29 is 0 Å². The Kier molecular flexibility index (Phi) is 5.03. The molecule has 2 aromatic rings. The first-order chi connectivity index (χ1) is 10.9. The topological polar surface area (TPSA) is 40.5 Å². The van der Waals surface area contributed by atoms with Gasteiger partial charge in [-0.1, -0.05) is 31.0 Å². The largest absolute Gasteiger partial charge is 0.342 e. The molecule has 4 heteroatoms. The first-order valence-corrected chi connectivity index (χ1v) is 7.97. The summed E-state index contributed by atoms with van der Waals surface area (Å²) >= 11 is 0. The molecule has 2 heterocycles. The number of likely N-dealkylation sites (tertiary alicyclic amines) is 1. The van der Waals surface area contributed by atoms with E-state index < -0.39 is 0 Å². The lowest BCUT2D eigenvalue weighted by atomic mass is 10.2. The average Bonchev–Trinajstić information content (AvgIpc) is 2.85. The number of rotatable bonds is 2. The number of aliphatic imine (C=N–C) groups is 1. The lowest BCUT2D eigenvalue weighted by Crippen LogP contribution is -2.37. The Hall–Kier alpha value is -2.36. The number of anilines is 1. The summed E-state index contributed by atoms with van der Waals surface area (Å²) in [5.74, 6) is 0.918. The smallest absolute Gasteiger partial charge is 0.203 e. The minimum Gasteiger partial charge on any atom is -0.342 e. The van der Waals surface area contributed by atoms with Gasteiger partial charge in [0.2, 0.25) is 5.96 Å². The maximum Gasteiger partial charge on any atom is 0.203 e. The second-order valence-electron chi connectivity index (χ2n) is 5.54. The second kappa shape index (κ2) is 7.59. The summed E-state index contributed by atoms with van der Waals surface area (Å²) < 4.78 is 0. The van der Waals surface area contributed by atoms with Gasteiger partial charge in [0, 0.05) is 25.0 Å². The lowest BCUT2D eigenvalue weighted by molar-refractivity contribution is 0.434. The predicted molar refractivity (Wildman–Crippen MR) is 91.4 cm³/mol. The molecule has 1 aromatic carbocycles. The summed E-state index contributed by atoms with van der Waals surface area (Å²) in [5, 5.41) is 3.47. The number of hydrogen-bond acceptors (Lipinski definition) is 2. The molecular formula is C18H22N4. The van der Waals surface area contributed by atoms with Crippen LogP contribution in [0.5, 0.6) is 0 Å². The van der Waals surface area contributed by atoms with Crippen molar-refractivity contribution >= 4 is 17.3 Å². The summed E-state index contributed by atoms with van der Waals surface area (Å²) in [6.45, 7) is 2.11. The van der Waals surface area contributed by atoms with Crippen molar-refractivity contribution in [3.63, 3.8) is 0 Å². The van der Waals surface area contributed by atoms with Crippen molar-refractivity contribution in [3.05, 3.63) is 54.9 Å². The number of nitrogens with zero attached hydrogens (tertiary/aromatic N) is 3. The Morgan fingerprint density at radius 2 is 1.73 bits per heavy atom. The highest BCUT2D eigenvalue weighted by atomic mass is 15.3. The highest BCUT2D eigenvalue weighted by Crippen LogP contribution is 2.16. The molecular weight excluding hydrogens is 272 g/mol. The Bertz CT molecular complexity index is 587. The van der Waals surface area contributed by atoms with Crippen LogP contribution in [-0.4, -0.2) is 28.9 Å². The molecule has 1 aliphatic rings. The standard InChI is InChI=1S/C18H22N4/c1-2-7-14-22(13-6-1)18(20-16-9-4-3-5-10-16)21-17-11-8-12-19-15-17/h3-5,8-12,15H,1-2,6-7,13-14H2,(H,20,21). The van der Waals surface area contributed by atoms with Gasteiger partial charge in [-0.2, -0.15) is 0 Å². The molecule has 0 aliphatic carbocycles. The van der Waals surface area contributed by atoms with Crippen LogP contribution >= 0.6 is 0 Å². The average molecular weight is 294 g/mol. The van der Waals surface area contributed by atoms with Crippen LogP contribution in [0, 0.1) is 0 Å². The molecule has 0 spiro atoms. The molecule has 1 fully saturated rings. The van der Waals surface area contributed by atoms with Crippen molar-refractivity contribution in [1.29, 1.82) is 0 Å². The Morgan fingerprint density at radius 3 is 2.41 bits per heavy atom. The van der Waals surface area contributed by atoms with Gasteiger partial charge < -0.3 is 10.2 Å². The van der Waals surface area contributed by atoms with E-state index in [2.05, 4.69) is 27.3 Å². The summed E-state index contributed by atoms with van der Waals surface area (Å²) in [6.07, 6.45) is 8.63. The molecule has 1 aromatic heterocycles. The zero-order valence-corrected chi connectivity index (χ0v) is 12.8. The summed E-state index contributed by atoms with van der Waals surface area (Å²) in [5.41, 5.74) is 1.94. The fourth-order valence-electron chi connectivity index (χ4n) is 2.65. The molecule has 4 nitrogen and oxygen atoms in total. The number of benzene rings is 1. The zero-order chi connectivity index (χ0) is 15.0. The number of nitrogens with one attached hydrogen (secondary N) is 1. The summed E-state index contributed by atoms with van der Waals surface area (Å²) in [6, 6.07) is 14.1. The van der Waals surface area contributed by atoms with Crippen molar-refractivity contribution in [2.45, 2.75) is 25.7 Å². The van der Waals surface area contributed by atoms with Gasteiger partial charge in [-0.05, 0) is 37.1 Å². The van der Waals surface area contributed by atoms with Crippen LogP contribution in [0.2, 0.25) is 0 Å². The minimum absolute atomic E-state index is 0.880. The summed E-state index contributed by atoms with van der Waals surface area (Å²) in [7, 11) is 0. The van der Waals surface area contributed by atoms with E-state index in [0.717, 1.165) is 30.4 Å². The third kappa shape index (κ3) is 4.07. The van der Waals surface area contributed by atoms with Gasteiger partial charge in [0.1, 0.15) is 0 Å². The quantitative estimate of drug-likeness (QED) is 0.671. The van der Waals surface area contributed by atoms with Crippen LogP contribution in [0.15, 0.2) is 59.9 Å². The van der Waals surface area contributed by atoms with E-state index in [1.165, 1.54) is 25.7 Å². The molecule has 1 saturated heterocycles. The van der Waals surface area contributed by atoms with E-state index in [0.29, 0.717) is 0 Å². The lowest BCUT2D eigenvalue weighted by Gasteiger charge is -2.25. The molecule has 0 radical (unpaired) electrons. The maximum absolute atomic E-state index is 4.79. The van der Waals surface area contributed by atoms with E-state index >= 15 is 0 Å². The molecule has 0 atom stereocenters. The number of aromatic nitrogens is 1. The van der Waals surface area contributed by atoms with Gasteiger partial charge in [0.15, 0.2) is 0 Å². The van der Waals surface area contributed by atoms with E-state index in [4.69, 9.17) is 4.99 Å². The molecule has 0 amide bonds. The third-order valence-electron chi connectivity index (χ3n) is 3.82. The Labute approximate surface area is 131 Å². The van der Waals surface area contributed by atoms with Gasteiger partial charge >= 0.3 is 0 Å². The normalized spacial score (nSPS) is 16.2. The molecule has 0 bridgehead atoms. The molecule has 1 N–H and O–H groups in total. The van der Waals surface area contributed by atoms with Crippen molar-refractivity contribution in [2.75, 3.05) is 18.4 Å². The first-order valence-electron chi connectivity index (χ1n) is 7.97. The fourth-order valence-corrected chi connectivity index (χ4v) is 2.65. The molecule has 3 rings (SSSR count). The van der Waals surface area contributed by atoms with Crippen LogP contribution in [0.3, 0.4) is 0 Å². The Balaban J connectivity index is 1.85. The van der Waals surface area contributed by atoms with E-state index in [9.17, 15) is 0 Å². The monoisotopic (exact) mass is 294 g/mol. The van der Waals surface area contributed by atoms with Gasteiger partial charge in [0.25, 0.3) is 0 Å². The van der Waals surface area contributed by atoms with Crippen LogP contribution in [-0.2, 0) is 0 Å². The molecule has 0 saturated carbocycles. The SMILES string of the molecule is c1ccc(NC(=Nc2cccnc2)N2CCCCCC2)cc1. The van der Waals surface area contributed by atoms with Crippen molar-refractivity contribution in [2.24, 2.45) is 4.99 Å². The zero-order valence-electron chi connectivity index (χ0n) is 12.8. The number of para-hydroxylation sites is 1. The van der Waals surface area contributed by atoms with Gasteiger partial charge in [-0.25, -0.2) is 4.99 Å². The highest BCUT2D eigenvalue weighted by Gasteiger charge is 2.14. The maximum atomic E-state index is 4.79. The first kappa shape index (κ1) is 14.6. The number of pyridine rings is 1. The van der Waals surface area contributed by atoms with Gasteiger partial charge in [0.05, 0.1) is 11.9 Å². The highest BCUT2D eigenvalue weighted by molar-refractivity contribution is 5.95. The van der Waals surface area contributed by atoms with E-state index in [1.807, 2.05) is 30.3 Å². The fraction of sp³-hybridized carbons (Fsp3) is 0.333. The molecule has 114 valence electrons. The van der Waals surface area contributed by atoms with Crippen LogP contribution in [0.4, 0.5) is 11.4 Å². The van der Waals surface area contributed by atoms with Crippen molar-refractivity contribution in [3.8, 4) is 0 Å². The summed E-state index contributed by atoms with van der Waals surface area (Å²) in [4.78, 5) is 11.3. The van der Waals surface area contributed by atoms with Gasteiger partial charge in [-0.15, -0.1) is 0 Å². The Morgan fingerprint density at radius 1 is 0.955 bits per heavy atom. The van der Waals surface area contributed by atoms with Crippen LogP contribution < -0.4 is 5.32 Å². The van der Waals surface area contributed by atoms with Gasteiger partial charge in [-0.3, -0.25) is 4.98 Å². The molecule has 1 aliphatic heterocycles. The number of guanidine groups is 1. The van der Waals surface area contributed by atoms with Crippen LogP contribution in [0.1, 0.15) is 25.7 Å². The van der Waals surface area contributed by atoms with E-state index in [1.54, 1.807) is 12.4 Å². The number of hydrogen-bond donors (Lipinski definition) is 1. The molecule has 22 heavy (non-hydrogen) atoms. The molecule has 0 unspecified atom stereocenters. The van der Waals surface area contributed by atoms with E-state index in [-0.39, 0.29) is 0 Å². The minimum atomic E-state index is 0.880. The van der Waals surface area contributed by atoms with Crippen LogP contribution in [0.25, 0.3) is 0 Å².